The molecule has 0 saturated carbocycles. The third-order valence-electron chi connectivity index (χ3n) is 2.07. The van der Waals surface area contributed by atoms with Crippen molar-refractivity contribution in [3.63, 3.8) is 0 Å². The fraction of sp³-hybridized carbons (Fsp3) is 0.417. The molecule has 17 heavy (non-hydrogen) atoms. The van der Waals surface area contributed by atoms with Crippen LogP contribution in [0.5, 0.6) is 5.75 Å². The van der Waals surface area contributed by atoms with E-state index in [2.05, 4.69) is 0 Å². The Labute approximate surface area is 145 Å². The van der Waals surface area contributed by atoms with E-state index < -0.39 is 0 Å². The van der Waals surface area contributed by atoms with E-state index in [4.69, 9.17) is 4.74 Å². The van der Waals surface area contributed by atoms with Gasteiger partial charge in [-0.1, -0.05) is 0 Å². The minimum Gasteiger partial charge on any atom is -0.870 e. The molecule has 5 heteroatoms. The first-order valence-corrected chi connectivity index (χ1v) is 5.01. The van der Waals surface area contributed by atoms with Gasteiger partial charge in [0.25, 0.3) is 0 Å². The molecule has 4 nitrogen and oxygen atoms in total. The summed E-state index contributed by atoms with van der Waals surface area (Å²) in [7, 11) is 1.75. The van der Waals surface area contributed by atoms with Gasteiger partial charge in [-0.15, -0.1) is 0 Å². The van der Waals surface area contributed by atoms with Gasteiger partial charge in [-0.2, -0.15) is 0 Å². The number of hydrogen-bond acceptors (Lipinski definition) is 3. The zero-order valence-corrected chi connectivity index (χ0v) is 14.2. The first-order chi connectivity index (χ1) is 7.00. The van der Waals surface area contributed by atoms with E-state index in [0.717, 1.165) is 11.4 Å². The Morgan fingerprint density at radius 2 is 1.71 bits per heavy atom. The summed E-state index contributed by atoms with van der Waals surface area (Å²) in [5, 5.41) is 0. The molecule has 0 saturated heterocycles. The zero-order chi connectivity index (χ0) is 11.4. The molecular formula is C12H18KNO3. The molecule has 0 atom stereocenters. The smallest absolute Gasteiger partial charge is 0.870 e. The minimum atomic E-state index is 0. The van der Waals surface area contributed by atoms with Gasteiger partial charge in [0.05, 0.1) is 6.10 Å². The number of anilines is 1. The molecule has 1 rings (SSSR count). The number of amides is 1. The number of rotatable bonds is 3. The van der Waals surface area contributed by atoms with Crippen LogP contribution in [0.4, 0.5) is 5.69 Å². The van der Waals surface area contributed by atoms with E-state index >= 15 is 0 Å². The summed E-state index contributed by atoms with van der Waals surface area (Å²) >= 11 is 0. The van der Waals surface area contributed by atoms with Gasteiger partial charge in [-0.25, -0.2) is 0 Å². The molecular weight excluding hydrogens is 245 g/mol. The molecule has 0 heterocycles. The van der Waals surface area contributed by atoms with E-state index in [9.17, 15) is 4.79 Å². The van der Waals surface area contributed by atoms with Gasteiger partial charge in [0.2, 0.25) is 5.91 Å². The molecule has 1 aromatic carbocycles. The van der Waals surface area contributed by atoms with Crippen LogP contribution in [0.2, 0.25) is 0 Å². The Bertz CT molecular complexity index is 338. The Morgan fingerprint density at radius 1 is 1.24 bits per heavy atom. The summed E-state index contributed by atoms with van der Waals surface area (Å²) in [6.07, 6.45) is 0.168. The number of benzene rings is 1. The molecule has 90 valence electrons. The van der Waals surface area contributed by atoms with Gasteiger partial charge in [-0.3, -0.25) is 4.79 Å². The third-order valence-corrected chi connectivity index (χ3v) is 2.07. The van der Waals surface area contributed by atoms with Crippen LogP contribution in [-0.4, -0.2) is 24.5 Å². The van der Waals surface area contributed by atoms with Gasteiger partial charge < -0.3 is 15.1 Å². The standard InChI is InChI=1S/C12H17NO2.K.H2O/c1-9(2)15-12-7-5-11(6-8-12)13(4)10(3)14;;/h5-9H,1-4H3;;1H2/q;+1;/p-1. The van der Waals surface area contributed by atoms with Crippen LogP contribution in [-0.2, 0) is 4.79 Å². The third kappa shape index (κ3) is 6.54. The predicted octanol–water partition coefficient (Wildman–Crippen LogP) is -0.716. The summed E-state index contributed by atoms with van der Waals surface area (Å²) in [5.74, 6) is 0.846. The van der Waals surface area contributed by atoms with E-state index in [1.807, 2.05) is 38.1 Å². The molecule has 0 spiro atoms. The fourth-order valence-electron chi connectivity index (χ4n) is 1.20. The van der Waals surface area contributed by atoms with Crippen molar-refractivity contribution in [2.24, 2.45) is 0 Å². The molecule has 1 amide bonds. The van der Waals surface area contributed by atoms with Crippen molar-refractivity contribution in [2.75, 3.05) is 11.9 Å². The molecule has 0 bridgehead atoms. The second-order valence-corrected chi connectivity index (χ2v) is 3.74. The van der Waals surface area contributed by atoms with Crippen LogP contribution in [0.3, 0.4) is 0 Å². The quantitative estimate of drug-likeness (QED) is 0.677. The Hall–Kier alpha value is 0.0864. The molecule has 0 aliphatic carbocycles. The monoisotopic (exact) mass is 263 g/mol. The van der Waals surface area contributed by atoms with Crippen molar-refractivity contribution in [1.82, 2.24) is 0 Å². The van der Waals surface area contributed by atoms with Gasteiger partial charge in [0.1, 0.15) is 5.75 Å². The number of nitrogens with zero attached hydrogens (tertiary/aromatic N) is 1. The normalized spacial score (nSPS) is 9.00. The van der Waals surface area contributed by atoms with Crippen molar-refractivity contribution in [1.29, 1.82) is 0 Å². The number of ether oxygens (including phenoxy) is 1. The summed E-state index contributed by atoms with van der Waals surface area (Å²) in [6.45, 7) is 5.50. The van der Waals surface area contributed by atoms with Crippen LogP contribution >= 0.6 is 0 Å². The van der Waals surface area contributed by atoms with Crippen molar-refractivity contribution in [3.05, 3.63) is 24.3 Å². The number of hydrogen-bond donors (Lipinski definition) is 0. The van der Waals surface area contributed by atoms with Crippen molar-refractivity contribution in [3.8, 4) is 5.75 Å². The first kappa shape index (κ1) is 19.4. The Kier molecular flexibility index (Phi) is 10.4. The molecule has 0 fully saturated rings. The Morgan fingerprint density at radius 3 is 2.06 bits per heavy atom. The van der Waals surface area contributed by atoms with E-state index in [0.29, 0.717) is 0 Å². The van der Waals surface area contributed by atoms with Crippen molar-refractivity contribution in [2.45, 2.75) is 26.9 Å². The molecule has 0 unspecified atom stereocenters. The molecule has 0 aliphatic rings. The van der Waals surface area contributed by atoms with E-state index in [1.165, 1.54) is 0 Å². The largest absolute Gasteiger partial charge is 1.00 e. The summed E-state index contributed by atoms with van der Waals surface area (Å²) in [5.41, 5.74) is 0.874. The van der Waals surface area contributed by atoms with Crippen LogP contribution in [0.15, 0.2) is 24.3 Å². The van der Waals surface area contributed by atoms with Crippen LogP contribution in [0.1, 0.15) is 20.8 Å². The fourth-order valence-corrected chi connectivity index (χ4v) is 1.20. The SMILES string of the molecule is CC(=O)N(C)c1ccc(OC(C)C)cc1.[K+].[OH-]. The van der Waals surface area contributed by atoms with Crippen LogP contribution < -0.4 is 61.0 Å². The van der Waals surface area contributed by atoms with E-state index in [-0.39, 0.29) is 68.9 Å². The predicted molar refractivity (Wildman–Crippen MR) is 63.2 cm³/mol. The van der Waals surface area contributed by atoms with Crippen molar-refractivity contribution < 1.29 is 66.4 Å². The zero-order valence-electron chi connectivity index (χ0n) is 11.1. The molecule has 0 aliphatic heterocycles. The first-order valence-electron chi connectivity index (χ1n) is 5.01. The minimum absolute atomic E-state index is 0. The second-order valence-electron chi connectivity index (χ2n) is 3.74. The van der Waals surface area contributed by atoms with Crippen LogP contribution in [0, 0.1) is 0 Å². The summed E-state index contributed by atoms with van der Waals surface area (Å²) in [4.78, 5) is 12.7. The second kappa shape index (κ2) is 9.07. The topological polar surface area (TPSA) is 59.5 Å². The maximum absolute atomic E-state index is 11.1. The molecule has 1 N–H and O–H groups in total. The van der Waals surface area contributed by atoms with Gasteiger partial charge in [0, 0.05) is 19.7 Å². The molecule has 1 aromatic rings. The molecule has 0 radical (unpaired) electrons. The Balaban J connectivity index is 0. The summed E-state index contributed by atoms with van der Waals surface area (Å²) in [6, 6.07) is 7.49. The van der Waals surface area contributed by atoms with Gasteiger partial charge in [0.15, 0.2) is 0 Å². The molecule has 0 aromatic heterocycles. The van der Waals surface area contributed by atoms with Crippen LogP contribution in [0.25, 0.3) is 0 Å². The summed E-state index contributed by atoms with van der Waals surface area (Å²) < 4.78 is 5.51. The number of carbonyl (C=O) groups excluding carboxylic acids is 1. The maximum Gasteiger partial charge on any atom is 1.00 e. The van der Waals surface area contributed by atoms with Crippen molar-refractivity contribution >= 4 is 11.6 Å². The van der Waals surface area contributed by atoms with Gasteiger partial charge >= 0.3 is 51.4 Å². The maximum atomic E-state index is 11.1. The van der Waals surface area contributed by atoms with Gasteiger partial charge in [-0.05, 0) is 38.1 Å². The average Bonchev–Trinajstić information content (AvgIpc) is 2.17. The average molecular weight is 263 g/mol. The number of carbonyl (C=O) groups is 1. The van der Waals surface area contributed by atoms with E-state index in [1.54, 1.807) is 18.9 Å².